The largest absolute Gasteiger partial charge is 0.486 e. The number of hydrogen-bond acceptors (Lipinski definition) is 5. The zero-order valence-electron chi connectivity index (χ0n) is 16.0. The number of nitrogens with zero attached hydrogens (tertiary/aromatic N) is 1. The fourth-order valence-corrected chi connectivity index (χ4v) is 5.36. The highest BCUT2D eigenvalue weighted by Gasteiger charge is 2.37. The van der Waals surface area contributed by atoms with Crippen molar-refractivity contribution >= 4 is 15.9 Å². The average Bonchev–Trinajstić information content (AvgIpc) is 2.78. The van der Waals surface area contributed by atoms with Gasteiger partial charge in [-0.1, -0.05) is 36.8 Å². The molecule has 2 aliphatic rings. The van der Waals surface area contributed by atoms with E-state index >= 15 is 0 Å². The Balaban J connectivity index is 1.42. The second-order valence-electron chi connectivity index (χ2n) is 7.18. The molecule has 1 N–H and O–H groups in total. The molecule has 0 bridgehead atoms. The van der Waals surface area contributed by atoms with Gasteiger partial charge in [0, 0.05) is 6.54 Å². The van der Waals surface area contributed by atoms with Gasteiger partial charge in [-0.15, -0.1) is 0 Å². The highest BCUT2D eigenvalue weighted by atomic mass is 32.2. The molecule has 2 atom stereocenters. The van der Waals surface area contributed by atoms with Gasteiger partial charge in [0.25, 0.3) is 0 Å². The molecule has 1 saturated heterocycles. The van der Waals surface area contributed by atoms with E-state index in [0.717, 1.165) is 12.8 Å². The van der Waals surface area contributed by atoms with Crippen LogP contribution in [0.5, 0.6) is 11.5 Å². The Morgan fingerprint density at radius 2 is 1.76 bits per heavy atom. The Labute approximate surface area is 170 Å². The molecule has 1 fully saturated rings. The van der Waals surface area contributed by atoms with E-state index in [1.165, 1.54) is 4.31 Å². The van der Waals surface area contributed by atoms with Crippen molar-refractivity contribution in [2.24, 2.45) is 0 Å². The van der Waals surface area contributed by atoms with Crippen LogP contribution in [0.3, 0.4) is 0 Å². The molecule has 0 aromatic heterocycles. The van der Waals surface area contributed by atoms with E-state index in [9.17, 15) is 13.2 Å². The third-order valence-corrected chi connectivity index (χ3v) is 7.10. The Morgan fingerprint density at radius 3 is 2.55 bits per heavy atom. The molecule has 29 heavy (non-hydrogen) atoms. The summed E-state index contributed by atoms with van der Waals surface area (Å²) >= 11 is 0. The van der Waals surface area contributed by atoms with Crippen molar-refractivity contribution in [1.82, 2.24) is 9.62 Å². The van der Waals surface area contributed by atoms with Gasteiger partial charge in [0.1, 0.15) is 18.8 Å². The van der Waals surface area contributed by atoms with Gasteiger partial charge < -0.3 is 14.8 Å². The second kappa shape index (κ2) is 8.42. The van der Waals surface area contributed by atoms with Crippen molar-refractivity contribution in [3.8, 4) is 11.5 Å². The van der Waals surface area contributed by atoms with Gasteiger partial charge in [0.05, 0.1) is 11.4 Å². The molecule has 2 aliphatic heterocycles. The normalized spacial score (nSPS) is 22.1. The smallest absolute Gasteiger partial charge is 0.243 e. The van der Waals surface area contributed by atoms with Crippen LogP contribution in [0.4, 0.5) is 0 Å². The molecular weight excluding hydrogens is 392 g/mol. The van der Waals surface area contributed by atoms with Crippen molar-refractivity contribution < 1.29 is 22.7 Å². The third kappa shape index (κ3) is 4.23. The molecule has 8 heteroatoms. The zero-order valence-corrected chi connectivity index (χ0v) is 16.8. The summed E-state index contributed by atoms with van der Waals surface area (Å²) in [6.45, 7) is 0.919. The number of carbonyl (C=O) groups excluding carboxylic acids is 1. The van der Waals surface area contributed by atoms with E-state index in [1.807, 2.05) is 24.3 Å². The van der Waals surface area contributed by atoms with E-state index in [4.69, 9.17) is 9.47 Å². The van der Waals surface area contributed by atoms with Gasteiger partial charge in [-0.2, -0.15) is 4.31 Å². The highest BCUT2D eigenvalue weighted by molar-refractivity contribution is 7.89. The van der Waals surface area contributed by atoms with Crippen LogP contribution in [0.25, 0.3) is 0 Å². The monoisotopic (exact) mass is 416 g/mol. The lowest BCUT2D eigenvalue weighted by Crippen LogP contribution is -2.53. The molecule has 0 unspecified atom stereocenters. The molecule has 2 aromatic rings. The molecule has 2 heterocycles. The topological polar surface area (TPSA) is 84.9 Å². The summed E-state index contributed by atoms with van der Waals surface area (Å²) in [7, 11) is -3.72. The molecule has 0 saturated carbocycles. The third-order valence-electron chi connectivity index (χ3n) is 5.18. The quantitative estimate of drug-likeness (QED) is 0.808. The first kappa shape index (κ1) is 19.7. The molecule has 2 aromatic carbocycles. The summed E-state index contributed by atoms with van der Waals surface area (Å²) in [5, 5.41) is 2.86. The van der Waals surface area contributed by atoms with Crippen molar-refractivity contribution in [3.05, 3.63) is 54.6 Å². The van der Waals surface area contributed by atoms with E-state index < -0.39 is 16.1 Å². The van der Waals surface area contributed by atoms with Crippen LogP contribution in [-0.2, 0) is 14.8 Å². The Bertz CT molecular complexity index is 964. The van der Waals surface area contributed by atoms with Crippen LogP contribution in [-0.4, -0.2) is 50.5 Å². The Morgan fingerprint density at radius 1 is 1.03 bits per heavy atom. The molecule has 0 aliphatic carbocycles. The molecular formula is C21H24N2O5S. The Hall–Kier alpha value is -2.58. The summed E-state index contributed by atoms with van der Waals surface area (Å²) in [6.07, 6.45) is 1.74. The highest BCUT2D eigenvalue weighted by Crippen LogP contribution is 2.31. The van der Waals surface area contributed by atoms with Crippen LogP contribution < -0.4 is 14.8 Å². The number of piperidine rings is 1. The lowest BCUT2D eigenvalue weighted by Gasteiger charge is -2.34. The molecule has 154 valence electrons. The second-order valence-corrected chi connectivity index (χ2v) is 9.07. The van der Waals surface area contributed by atoms with Gasteiger partial charge in [-0.25, -0.2) is 8.42 Å². The first-order valence-electron chi connectivity index (χ1n) is 9.79. The van der Waals surface area contributed by atoms with Crippen molar-refractivity contribution in [2.45, 2.75) is 36.3 Å². The SMILES string of the molecule is O=C(NC[C@@H]1COc2ccccc2O1)[C@@H]1CCCCN1S(=O)(=O)c1ccccc1. The number of carbonyl (C=O) groups is 1. The van der Waals surface area contributed by atoms with Gasteiger partial charge in [0.2, 0.25) is 15.9 Å². The van der Waals surface area contributed by atoms with Gasteiger partial charge in [0.15, 0.2) is 11.5 Å². The maximum atomic E-state index is 13.0. The molecule has 7 nitrogen and oxygen atoms in total. The molecule has 4 rings (SSSR count). The predicted molar refractivity (Wildman–Crippen MR) is 107 cm³/mol. The number of para-hydroxylation sites is 2. The van der Waals surface area contributed by atoms with Crippen LogP contribution in [0.2, 0.25) is 0 Å². The zero-order chi connectivity index (χ0) is 20.3. The summed E-state index contributed by atoms with van der Waals surface area (Å²) < 4.78 is 38.9. The van der Waals surface area contributed by atoms with E-state index in [2.05, 4.69) is 5.32 Å². The lowest BCUT2D eigenvalue weighted by atomic mass is 10.0. The predicted octanol–water partition coefficient (Wildman–Crippen LogP) is 2.19. The standard InChI is InChI=1S/C21H24N2O5S/c24-21(22-14-16-15-27-19-11-4-5-12-20(19)28-16)18-10-6-7-13-23(18)29(25,26)17-8-2-1-3-9-17/h1-5,8-9,11-12,16,18H,6-7,10,13-15H2,(H,22,24)/t16-,18+/m1/s1. The first-order chi connectivity index (χ1) is 14.1. The minimum absolute atomic E-state index is 0.209. The van der Waals surface area contributed by atoms with Crippen LogP contribution in [0.15, 0.2) is 59.5 Å². The maximum Gasteiger partial charge on any atom is 0.243 e. The van der Waals surface area contributed by atoms with Crippen molar-refractivity contribution in [2.75, 3.05) is 19.7 Å². The summed E-state index contributed by atoms with van der Waals surface area (Å²) in [5.41, 5.74) is 0. The minimum atomic E-state index is -3.72. The van der Waals surface area contributed by atoms with E-state index in [-0.39, 0.29) is 23.5 Å². The fraction of sp³-hybridized carbons (Fsp3) is 0.381. The van der Waals surface area contributed by atoms with Crippen molar-refractivity contribution in [3.63, 3.8) is 0 Å². The number of nitrogens with one attached hydrogen (secondary N) is 1. The van der Waals surface area contributed by atoms with Crippen LogP contribution in [0, 0.1) is 0 Å². The average molecular weight is 416 g/mol. The lowest BCUT2D eigenvalue weighted by molar-refractivity contribution is -0.126. The van der Waals surface area contributed by atoms with Crippen molar-refractivity contribution in [1.29, 1.82) is 0 Å². The fourth-order valence-electron chi connectivity index (χ4n) is 3.68. The van der Waals surface area contributed by atoms with E-state index in [0.29, 0.717) is 31.1 Å². The molecule has 0 radical (unpaired) electrons. The minimum Gasteiger partial charge on any atom is -0.486 e. The molecule has 0 spiro atoms. The van der Waals surface area contributed by atoms with Crippen LogP contribution in [0.1, 0.15) is 19.3 Å². The summed E-state index contributed by atoms with van der Waals surface area (Å²) in [6, 6.07) is 14.9. The van der Waals surface area contributed by atoms with Gasteiger partial charge in [-0.05, 0) is 37.1 Å². The van der Waals surface area contributed by atoms with Crippen LogP contribution >= 0.6 is 0 Å². The van der Waals surface area contributed by atoms with E-state index in [1.54, 1.807) is 30.3 Å². The number of sulfonamides is 1. The number of benzene rings is 2. The number of rotatable bonds is 5. The number of amides is 1. The number of hydrogen-bond donors (Lipinski definition) is 1. The first-order valence-corrected chi connectivity index (χ1v) is 11.2. The Kier molecular flexibility index (Phi) is 5.73. The van der Waals surface area contributed by atoms with Gasteiger partial charge in [-0.3, -0.25) is 4.79 Å². The summed E-state index contributed by atoms with van der Waals surface area (Å²) in [4.78, 5) is 13.1. The summed E-state index contributed by atoms with van der Waals surface area (Å²) in [5.74, 6) is 1.03. The van der Waals surface area contributed by atoms with Gasteiger partial charge >= 0.3 is 0 Å². The number of fused-ring (bicyclic) bond motifs is 1. The maximum absolute atomic E-state index is 13.0. The molecule has 1 amide bonds. The number of ether oxygens (including phenoxy) is 2.